The van der Waals surface area contributed by atoms with Gasteiger partial charge in [-0.3, -0.25) is 9.59 Å². The molecule has 2 aliphatic rings. The minimum Gasteiger partial charge on any atom is -0.458 e. The highest BCUT2D eigenvalue weighted by Gasteiger charge is 2.56. The summed E-state index contributed by atoms with van der Waals surface area (Å²) in [4.78, 5) is 24.8. The third kappa shape index (κ3) is 3.25. The van der Waals surface area contributed by atoms with Gasteiger partial charge in [-0.15, -0.1) is 0 Å². The van der Waals surface area contributed by atoms with E-state index in [0.29, 0.717) is 35.2 Å². The summed E-state index contributed by atoms with van der Waals surface area (Å²) in [5, 5.41) is 3.46. The van der Waals surface area contributed by atoms with E-state index in [0.717, 1.165) is 0 Å². The molecule has 2 fully saturated rings. The second-order valence-corrected chi connectivity index (χ2v) is 7.73. The Bertz CT molecular complexity index is 671. The van der Waals surface area contributed by atoms with Crippen LogP contribution >= 0.6 is 23.2 Å². The van der Waals surface area contributed by atoms with E-state index >= 15 is 0 Å². The number of carbonyl (C=O) groups excluding carboxylic acids is 2. The Morgan fingerprint density at radius 2 is 1.96 bits per heavy atom. The van der Waals surface area contributed by atoms with Gasteiger partial charge in [0.15, 0.2) is 0 Å². The van der Waals surface area contributed by atoms with Crippen LogP contribution in [0.5, 0.6) is 0 Å². The number of amides is 1. The molecular weight excluding hydrogens is 353 g/mol. The summed E-state index contributed by atoms with van der Waals surface area (Å²) < 4.78 is 11.3. The van der Waals surface area contributed by atoms with Crippen molar-refractivity contribution in [3.05, 3.63) is 28.2 Å². The monoisotopic (exact) mass is 371 g/mol. The Hall–Kier alpha value is -1.30. The molecule has 130 valence electrons. The molecule has 2 saturated heterocycles. The van der Waals surface area contributed by atoms with Crippen LogP contribution in [0, 0.1) is 5.92 Å². The lowest BCUT2D eigenvalue weighted by molar-refractivity contribution is -0.178. The molecule has 1 spiro atoms. The summed E-state index contributed by atoms with van der Waals surface area (Å²) in [6.07, 6.45) is 1.01. The molecule has 0 bridgehead atoms. The molecule has 0 saturated carbocycles. The molecule has 0 aromatic heterocycles. The van der Waals surface area contributed by atoms with E-state index in [-0.39, 0.29) is 18.3 Å². The van der Waals surface area contributed by atoms with E-state index in [4.69, 9.17) is 32.7 Å². The van der Waals surface area contributed by atoms with Crippen molar-refractivity contribution in [3.63, 3.8) is 0 Å². The van der Waals surface area contributed by atoms with E-state index in [1.165, 1.54) is 0 Å². The number of hydrogen-bond donors (Lipinski definition) is 1. The zero-order valence-corrected chi connectivity index (χ0v) is 15.0. The maximum Gasteiger partial charge on any atom is 0.307 e. The van der Waals surface area contributed by atoms with Crippen molar-refractivity contribution in [1.82, 2.24) is 0 Å². The van der Waals surface area contributed by atoms with Crippen molar-refractivity contribution in [3.8, 4) is 0 Å². The summed E-state index contributed by atoms with van der Waals surface area (Å²) in [5.74, 6) is -1.27. The maximum atomic E-state index is 12.8. The summed E-state index contributed by atoms with van der Waals surface area (Å²) in [6.45, 7) is 4.30. The lowest BCUT2D eigenvalue weighted by atomic mass is 9.75. The van der Waals surface area contributed by atoms with Gasteiger partial charge in [-0.2, -0.15) is 0 Å². The Morgan fingerprint density at radius 3 is 2.58 bits per heavy atom. The number of anilines is 1. The molecule has 1 aromatic carbocycles. The quantitative estimate of drug-likeness (QED) is 0.802. The molecule has 1 amide bonds. The molecule has 1 N–H and O–H groups in total. The van der Waals surface area contributed by atoms with Crippen molar-refractivity contribution >= 4 is 40.8 Å². The van der Waals surface area contributed by atoms with Crippen LogP contribution in [-0.2, 0) is 19.1 Å². The average Bonchev–Trinajstić information content (AvgIpc) is 2.77. The first-order chi connectivity index (χ1) is 11.2. The van der Waals surface area contributed by atoms with Crippen molar-refractivity contribution in [2.24, 2.45) is 5.92 Å². The van der Waals surface area contributed by atoms with Gasteiger partial charge in [0.2, 0.25) is 5.91 Å². The van der Waals surface area contributed by atoms with Crippen molar-refractivity contribution in [2.45, 2.75) is 44.3 Å². The van der Waals surface area contributed by atoms with Crippen LogP contribution in [0.3, 0.4) is 0 Å². The molecule has 3 rings (SSSR count). The number of benzene rings is 1. The summed E-state index contributed by atoms with van der Waals surface area (Å²) >= 11 is 12.2. The smallest absolute Gasteiger partial charge is 0.307 e. The highest BCUT2D eigenvalue weighted by atomic mass is 35.5. The third-order valence-corrected chi connectivity index (χ3v) is 5.22. The second-order valence-electron chi connectivity index (χ2n) is 6.92. The lowest BCUT2D eigenvalue weighted by Crippen LogP contribution is -2.52. The summed E-state index contributed by atoms with van der Waals surface area (Å²) in [7, 11) is 0. The van der Waals surface area contributed by atoms with Crippen LogP contribution in [0.4, 0.5) is 5.69 Å². The van der Waals surface area contributed by atoms with Crippen LogP contribution in [0.25, 0.3) is 0 Å². The molecule has 0 radical (unpaired) electrons. The Kier molecular flexibility index (Phi) is 4.53. The van der Waals surface area contributed by atoms with Gasteiger partial charge < -0.3 is 14.8 Å². The fourth-order valence-electron chi connectivity index (χ4n) is 3.60. The number of para-hydroxylation sites is 1. The van der Waals surface area contributed by atoms with Crippen LogP contribution in [0.2, 0.25) is 10.0 Å². The Morgan fingerprint density at radius 1 is 1.29 bits per heavy atom. The standard InChI is InChI=1S/C17H19Cl2NO4/c1-16(2)9-17(6-7-23-16)10(8-13(21)24-17)15(22)20-14-11(18)4-3-5-12(14)19/h3-5,10H,6-9H2,1-2H3,(H,20,22)/t10-,17+/m1/s1. The average molecular weight is 372 g/mol. The second kappa shape index (κ2) is 6.21. The van der Waals surface area contributed by atoms with E-state index in [2.05, 4.69) is 5.32 Å². The Balaban J connectivity index is 1.86. The van der Waals surface area contributed by atoms with Crippen LogP contribution in [-0.4, -0.2) is 29.7 Å². The number of nitrogens with one attached hydrogen (secondary N) is 1. The molecular formula is C17H19Cl2NO4. The molecule has 0 unspecified atom stereocenters. The van der Waals surface area contributed by atoms with Crippen LogP contribution in [0.1, 0.15) is 33.1 Å². The Labute approximate surface area is 150 Å². The highest BCUT2D eigenvalue weighted by molar-refractivity contribution is 6.39. The van der Waals surface area contributed by atoms with Gasteiger partial charge in [0.1, 0.15) is 5.60 Å². The largest absolute Gasteiger partial charge is 0.458 e. The van der Waals surface area contributed by atoms with E-state index in [1.54, 1.807) is 18.2 Å². The van der Waals surface area contributed by atoms with Crippen LogP contribution in [0.15, 0.2) is 18.2 Å². The van der Waals surface area contributed by atoms with Crippen LogP contribution < -0.4 is 5.32 Å². The maximum absolute atomic E-state index is 12.8. The molecule has 24 heavy (non-hydrogen) atoms. The van der Waals surface area contributed by atoms with E-state index < -0.39 is 17.1 Å². The zero-order valence-electron chi connectivity index (χ0n) is 13.5. The van der Waals surface area contributed by atoms with Gasteiger partial charge in [0.25, 0.3) is 0 Å². The molecule has 1 aromatic rings. The van der Waals surface area contributed by atoms with Gasteiger partial charge in [-0.1, -0.05) is 29.3 Å². The van der Waals surface area contributed by atoms with Gasteiger partial charge in [0, 0.05) is 12.8 Å². The summed E-state index contributed by atoms with van der Waals surface area (Å²) in [5.41, 5.74) is -0.938. The highest BCUT2D eigenvalue weighted by Crippen LogP contribution is 2.46. The van der Waals surface area contributed by atoms with E-state index in [9.17, 15) is 9.59 Å². The van der Waals surface area contributed by atoms with Gasteiger partial charge in [-0.05, 0) is 26.0 Å². The number of halogens is 2. The predicted molar refractivity (Wildman–Crippen MR) is 91.3 cm³/mol. The third-order valence-electron chi connectivity index (χ3n) is 4.59. The van der Waals surface area contributed by atoms with Crippen molar-refractivity contribution < 1.29 is 19.1 Å². The molecule has 2 atom stereocenters. The topological polar surface area (TPSA) is 64.6 Å². The number of esters is 1. The number of rotatable bonds is 2. The minimum atomic E-state index is -0.837. The fourth-order valence-corrected chi connectivity index (χ4v) is 4.09. The molecule has 5 nitrogen and oxygen atoms in total. The van der Waals surface area contributed by atoms with Crippen molar-refractivity contribution in [1.29, 1.82) is 0 Å². The first kappa shape index (κ1) is 17.5. The number of ether oxygens (including phenoxy) is 2. The SMILES string of the molecule is CC1(C)C[C@]2(CCO1)OC(=O)C[C@@H]2C(=O)Nc1c(Cl)cccc1Cl. The van der Waals surface area contributed by atoms with Gasteiger partial charge in [-0.25, -0.2) is 0 Å². The van der Waals surface area contributed by atoms with Crippen molar-refractivity contribution in [2.75, 3.05) is 11.9 Å². The molecule has 2 aliphatic heterocycles. The first-order valence-corrected chi connectivity index (χ1v) is 8.59. The summed E-state index contributed by atoms with van der Waals surface area (Å²) in [6, 6.07) is 4.99. The molecule has 2 heterocycles. The predicted octanol–water partition coefficient (Wildman–Crippen LogP) is 3.82. The van der Waals surface area contributed by atoms with E-state index in [1.807, 2.05) is 13.8 Å². The first-order valence-electron chi connectivity index (χ1n) is 7.83. The normalized spacial score (nSPS) is 28.7. The van der Waals surface area contributed by atoms with Gasteiger partial charge >= 0.3 is 5.97 Å². The van der Waals surface area contributed by atoms with Gasteiger partial charge in [0.05, 0.1) is 40.3 Å². The number of hydrogen-bond acceptors (Lipinski definition) is 4. The fraction of sp³-hybridized carbons (Fsp3) is 0.529. The minimum absolute atomic E-state index is 0.0456. The lowest BCUT2D eigenvalue weighted by Gasteiger charge is -2.43. The molecule has 7 heteroatoms. The zero-order chi connectivity index (χ0) is 17.5. The number of carbonyl (C=O) groups is 2. The molecule has 0 aliphatic carbocycles.